The molecule has 1 atom stereocenters. The van der Waals surface area contributed by atoms with Crippen LogP contribution >= 0.6 is 11.8 Å². The molecule has 0 saturated carbocycles. The average Bonchev–Trinajstić information content (AvgIpc) is 3.08. The van der Waals surface area contributed by atoms with Gasteiger partial charge in [0.15, 0.2) is 0 Å². The summed E-state index contributed by atoms with van der Waals surface area (Å²) >= 11 is 1.73. The Morgan fingerprint density at radius 2 is 1.83 bits per heavy atom. The van der Waals surface area contributed by atoms with E-state index in [1.807, 2.05) is 0 Å². The lowest BCUT2D eigenvalue weighted by Gasteiger charge is -2.28. The van der Waals surface area contributed by atoms with E-state index in [4.69, 9.17) is 4.99 Å². The molecule has 0 aliphatic carbocycles. The Kier molecular flexibility index (Phi) is 16.3. The van der Waals surface area contributed by atoms with Crippen LogP contribution in [0.15, 0.2) is 51.7 Å². The Morgan fingerprint density at radius 3 is 2.43 bits per heavy atom. The first-order chi connectivity index (χ1) is 16.7. The van der Waals surface area contributed by atoms with Crippen LogP contribution in [0, 0.1) is 0 Å². The second-order valence-electron chi connectivity index (χ2n) is 10.1. The molecule has 1 aliphatic rings. The van der Waals surface area contributed by atoms with E-state index < -0.39 is 0 Å². The molecule has 4 nitrogen and oxygen atoms in total. The van der Waals surface area contributed by atoms with Gasteiger partial charge >= 0.3 is 0 Å². The minimum Gasteiger partial charge on any atom is -0.369 e. The average molecular weight is 503 g/mol. The third-order valence-corrected chi connectivity index (χ3v) is 7.35. The largest absolute Gasteiger partial charge is 0.369 e. The number of aliphatic imine (C=N–C) groups is 1. The van der Waals surface area contributed by atoms with Gasteiger partial charge in [0, 0.05) is 38.8 Å². The monoisotopic (exact) mass is 502 g/mol. The van der Waals surface area contributed by atoms with Crippen LogP contribution in [0.1, 0.15) is 80.6 Å². The summed E-state index contributed by atoms with van der Waals surface area (Å²) in [5.74, 6) is 0. The maximum atomic E-state index is 4.88. The van der Waals surface area contributed by atoms with Crippen molar-refractivity contribution in [1.82, 2.24) is 15.1 Å². The molecule has 0 aromatic heterocycles. The molecule has 1 rings (SSSR count). The first-order valence-corrected chi connectivity index (χ1v) is 15.0. The lowest BCUT2D eigenvalue weighted by Crippen LogP contribution is -2.36. The molecule has 0 aromatic carbocycles. The van der Waals surface area contributed by atoms with Crippen LogP contribution in [0.4, 0.5) is 0 Å². The molecule has 1 unspecified atom stereocenters. The smallest absolute Gasteiger partial charge is 0.113 e. The van der Waals surface area contributed by atoms with Gasteiger partial charge in [-0.3, -0.25) is 9.89 Å². The molecule has 1 heterocycles. The first kappa shape index (κ1) is 31.7. The van der Waals surface area contributed by atoms with E-state index in [0.29, 0.717) is 6.04 Å². The highest BCUT2D eigenvalue weighted by molar-refractivity contribution is 8.13. The van der Waals surface area contributed by atoms with Gasteiger partial charge in [-0.1, -0.05) is 43.7 Å². The van der Waals surface area contributed by atoms with Crippen LogP contribution in [-0.2, 0) is 0 Å². The van der Waals surface area contributed by atoms with E-state index in [2.05, 4.69) is 88.6 Å². The Hall–Kier alpha value is -1.30. The van der Waals surface area contributed by atoms with E-state index in [1.54, 1.807) is 11.8 Å². The number of rotatable bonds is 14. The quantitative estimate of drug-likeness (QED) is 0.119. The molecule has 200 valence electrons. The zero-order valence-corrected chi connectivity index (χ0v) is 25.0. The normalized spacial score (nSPS) is 16.6. The second kappa shape index (κ2) is 18.0. The molecular weight excluding hydrogens is 448 g/mol. The third kappa shape index (κ3) is 12.0. The van der Waals surface area contributed by atoms with Crippen molar-refractivity contribution in [2.24, 2.45) is 4.99 Å². The fourth-order valence-corrected chi connectivity index (χ4v) is 5.20. The van der Waals surface area contributed by atoms with E-state index in [0.717, 1.165) is 75.8 Å². The summed E-state index contributed by atoms with van der Waals surface area (Å²) in [5.41, 5.74) is 6.80. The number of hydrogen-bond acceptors (Lipinski definition) is 5. The Labute approximate surface area is 222 Å². The van der Waals surface area contributed by atoms with Crippen molar-refractivity contribution in [1.29, 1.82) is 0 Å². The maximum Gasteiger partial charge on any atom is 0.113 e. The van der Waals surface area contributed by atoms with Crippen LogP contribution in [0.5, 0.6) is 0 Å². The Bertz CT molecular complexity index is 754. The third-order valence-electron chi connectivity index (χ3n) is 6.60. The van der Waals surface area contributed by atoms with Crippen molar-refractivity contribution in [3.8, 4) is 0 Å². The summed E-state index contributed by atoms with van der Waals surface area (Å²) in [5, 5.41) is 4.56. The van der Waals surface area contributed by atoms with Crippen molar-refractivity contribution < 1.29 is 0 Å². The van der Waals surface area contributed by atoms with E-state index >= 15 is 0 Å². The van der Waals surface area contributed by atoms with Gasteiger partial charge in [0.1, 0.15) is 5.04 Å². The van der Waals surface area contributed by atoms with Gasteiger partial charge in [-0.2, -0.15) is 0 Å². The molecule has 1 N–H and O–H groups in total. The number of thioether (sulfide) groups is 1. The highest BCUT2D eigenvalue weighted by Gasteiger charge is 2.21. The van der Waals surface area contributed by atoms with Crippen molar-refractivity contribution in [2.45, 2.75) is 86.6 Å². The van der Waals surface area contributed by atoms with Crippen molar-refractivity contribution in [3.63, 3.8) is 0 Å². The van der Waals surface area contributed by atoms with E-state index in [-0.39, 0.29) is 0 Å². The van der Waals surface area contributed by atoms with Crippen molar-refractivity contribution >= 4 is 16.8 Å². The maximum absolute atomic E-state index is 4.88. The highest BCUT2D eigenvalue weighted by Crippen LogP contribution is 2.23. The predicted octanol–water partition coefficient (Wildman–Crippen LogP) is 7.08. The summed E-state index contributed by atoms with van der Waals surface area (Å²) in [4.78, 5) is 10.00. The van der Waals surface area contributed by atoms with Gasteiger partial charge in [-0.15, -0.1) is 11.8 Å². The molecule has 1 saturated heterocycles. The molecule has 0 bridgehead atoms. The molecular formula is C30H54N4S. The van der Waals surface area contributed by atoms with Gasteiger partial charge in [0.2, 0.25) is 0 Å². The topological polar surface area (TPSA) is 30.9 Å². The zero-order valence-electron chi connectivity index (χ0n) is 24.2. The van der Waals surface area contributed by atoms with Crippen molar-refractivity contribution in [2.75, 3.05) is 52.1 Å². The Morgan fingerprint density at radius 1 is 1.09 bits per heavy atom. The van der Waals surface area contributed by atoms with Crippen LogP contribution in [0.2, 0.25) is 0 Å². The van der Waals surface area contributed by atoms with Crippen molar-refractivity contribution in [3.05, 3.63) is 46.7 Å². The fourth-order valence-electron chi connectivity index (χ4n) is 4.62. The summed E-state index contributed by atoms with van der Waals surface area (Å²) in [6.07, 6.45) is 12.6. The molecule has 0 radical (unpaired) electrons. The predicted molar refractivity (Wildman–Crippen MR) is 161 cm³/mol. The van der Waals surface area contributed by atoms with Crippen LogP contribution in [-0.4, -0.2) is 73.0 Å². The molecule has 0 aromatic rings. The van der Waals surface area contributed by atoms with Gasteiger partial charge in [-0.05, 0) is 97.2 Å². The fraction of sp³-hybridized carbons (Fsp3) is 0.700. The summed E-state index contributed by atoms with van der Waals surface area (Å²) in [6.45, 7) is 27.5. The van der Waals surface area contributed by atoms with Gasteiger partial charge < -0.3 is 10.2 Å². The molecule has 0 spiro atoms. The number of hydrogen-bond donors (Lipinski definition) is 1. The lowest BCUT2D eigenvalue weighted by molar-refractivity contribution is 0.217. The summed E-state index contributed by atoms with van der Waals surface area (Å²) < 4.78 is 0. The molecule has 35 heavy (non-hydrogen) atoms. The first-order valence-electron chi connectivity index (χ1n) is 13.7. The molecule has 1 aliphatic heterocycles. The van der Waals surface area contributed by atoms with Crippen LogP contribution in [0.25, 0.3) is 0 Å². The van der Waals surface area contributed by atoms with Crippen LogP contribution in [0.3, 0.4) is 0 Å². The Balaban J connectivity index is 2.74. The summed E-state index contributed by atoms with van der Waals surface area (Å²) in [6, 6.07) is 0.531. The summed E-state index contributed by atoms with van der Waals surface area (Å²) in [7, 11) is 0. The molecule has 5 heteroatoms. The lowest BCUT2D eigenvalue weighted by atomic mass is 9.95. The second-order valence-corrected chi connectivity index (χ2v) is 10.9. The number of nitrogens with one attached hydrogen (secondary N) is 1. The van der Waals surface area contributed by atoms with E-state index in [9.17, 15) is 0 Å². The molecule has 0 amide bonds. The molecule has 1 fully saturated rings. The van der Waals surface area contributed by atoms with Gasteiger partial charge in [0.05, 0.1) is 5.70 Å². The number of allylic oxidation sites excluding steroid dienone is 5. The van der Waals surface area contributed by atoms with Gasteiger partial charge in [-0.25, -0.2) is 0 Å². The minimum atomic E-state index is 0.531. The van der Waals surface area contributed by atoms with E-state index in [1.165, 1.54) is 35.1 Å². The van der Waals surface area contributed by atoms with Crippen LogP contribution < -0.4 is 5.32 Å². The number of nitrogens with zero attached hydrogens (tertiary/aromatic N) is 3. The standard InChI is InChI=1S/C30H54N4S/c1-10-16-31-17-12-18-32-30(35-9)27(8)34-20-13-19-33(21-22-34)26(7)14-15-28(23-24(3)4)29(11-2)25(5)6/h15,23,26,31H,8,10-14,16-22H2,1-7,9H3/b28-15-,32-30-. The minimum absolute atomic E-state index is 0.531. The SMILES string of the molecule is C=C(/C(=N/CCCNCCC)SC)N1CCCN(C(C)C/C=C(/C=C(C)C)C(CC)=C(C)C)CC1. The highest BCUT2D eigenvalue weighted by atomic mass is 32.2. The zero-order chi connectivity index (χ0) is 26.2. The van der Waals surface area contributed by atoms with Gasteiger partial charge in [0.25, 0.3) is 0 Å².